The summed E-state index contributed by atoms with van der Waals surface area (Å²) in [4.78, 5) is 49.4. The van der Waals surface area contributed by atoms with E-state index in [2.05, 4.69) is 5.32 Å². The van der Waals surface area contributed by atoms with Crippen LogP contribution in [0.25, 0.3) is 6.08 Å². The Kier molecular flexibility index (Phi) is 7.21. The molecule has 1 saturated heterocycles. The Labute approximate surface area is 216 Å². The van der Waals surface area contributed by atoms with E-state index in [-0.39, 0.29) is 34.4 Å². The van der Waals surface area contributed by atoms with Crippen molar-refractivity contribution in [1.82, 2.24) is 5.32 Å². The van der Waals surface area contributed by atoms with Crippen molar-refractivity contribution in [3.05, 3.63) is 98.1 Å². The van der Waals surface area contributed by atoms with Crippen LogP contribution in [-0.4, -0.2) is 29.9 Å². The number of barbiturate groups is 1. The van der Waals surface area contributed by atoms with E-state index < -0.39 is 22.8 Å². The first-order valence-electron chi connectivity index (χ1n) is 10.9. The first-order valence-corrected chi connectivity index (χ1v) is 11.3. The Morgan fingerprint density at radius 1 is 1.08 bits per heavy atom. The fraction of sp³-hybridized carbons (Fsp3) is 0.115. The van der Waals surface area contributed by atoms with Gasteiger partial charge in [-0.15, -0.1) is 0 Å². The summed E-state index contributed by atoms with van der Waals surface area (Å²) < 4.78 is 11.2. The number of halogens is 1. The maximum atomic E-state index is 13.2. The van der Waals surface area contributed by atoms with E-state index in [1.807, 2.05) is 0 Å². The summed E-state index contributed by atoms with van der Waals surface area (Å²) in [5.41, 5.74) is 1.76. The molecule has 0 saturated carbocycles. The number of amides is 4. The number of hydrogen-bond donors (Lipinski definition) is 1. The number of benzene rings is 3. The van der Waals surface area contributed by atoms with Gasteiger partial charge in [-0.25, -0.2) is 9.69 Å². The molecule has 0 spiro atoms. The van der Waals surface area contributed by atoms with Crippen LogP contribution in [0.3, 0.4) is 0 Å². The normalized spacial score (nSPS) is 14.5. The second kappa shape index (κ2) is 10.5. The molecule has 1 fully saturated rings. The van der Waals surface area contributed by atoms with E-state index >= 15 is 0 Å². The molecular weight excluding hydrogens is 502 g/mol. The molecule has 0 aliphatic carbocycles. The highest BCUT2D eigenvalue weighted by molar-refractivity contribution is 6.39. The lowest BCUT2D eigenvalue weighted by atomic mass is 10.1. The summed E-state index contributed by atoms with van der Waals surface area (Å²) in [7, 11) is 1.40. The molecule has 188 valence electrons. The number of anilines is 1. The van der Waals surface area contributed by atoms with Gasteiger partial charge in [-0.2, -0.15) is 0 Å². The average Bonchev–Trinajstić information content (AvgIpc) is 2.87. The SMILES string of the molecule is COc1cc(/C=C2\C(=O)NC(=O)N(c3ccccc3C)C2=O)cc(Cl)c1OCc1ccc([N+](=O)[O-])cc1. The summed E-state index contributed by atoms with van der Waals surface area (Å²) in [6.07, 6.45) is 1.31. The number of para-hydroxylation sites is 1. The maximum absolute atomic E-state index is 13.2. The van der Waals surface area contributed by atoms with Crippen molar-refractivity contribution in [2.75, 3.05) is 12.0 Å². The van der Waals surface area contributed by atoms with Crippen molar-refractivity contribution in [2.45, 2.75) is 13.5 Å². The van der Waals surface area contributed by atoms with Crippen LogP contribution < -0.4 is 19.7 Å². The number of aryl methyl sites for hydroxylation is 1. The van der Waals surface area contributed by atoms with Gasteiger partial charge in [-0.3, -0.25) is 25.0 Å². The number of ether oxygens (including phenoxy) is 2. The molecular formula is C26H20ClN3O7. The van der Waals surface area contributed by atoms with Gasteiger partial charge in [0.25, 0.3) is 17.5 Å². The van der Waals surface area contributed by atoms with E-state index in [0.29, 0.717) is 22.4 Å². The molecule has 4 rings (SSSR count). The number of rotatable bonds is 7. The van der Waals surface area contributed by atoms with Crippen LogP contribution >= 0.6 is 11.6 Å². The molecule has 0 aromatic heterocycles. The Morgan fingerprint density at radius 3 is 2.43 bits per heavy atom. The molecule has 3 aromatic rings. The first-order chi connectivity index (χ1) is 17.7. The van der Waals surface area contributed by atoms with Crippen LogP contribution in [0.15, 0.2) is 66.2 Å². The lowest BCUT2D eigenvalue weighted by molar-refractivity contribution is -0.384. The Morgan fingerprint density at radius 2 is 1.78 bits per heavy atom. The van der Waals surface area contributed by atoms with Crippen molar-refractivity contribution in [3.63, 3.8) is 0 Å². The highest BCUT2D eigenvalue weighted by atomic mass is 35.5. The minimum Gasteiger partial charge on any atom is -0.493 e. The predicted molar refractivity (Wildman–Crippen MR) is 136 cm³/mol. The third-order valence-electron chi connectivity index (χ3n) is 5.55. The Hall–Kier alpha value is -4.70. The van der Waals surface area contributed by atoms with Crippen LogP contribution in [0.5, 0.6) is 11.5 Å². The minimum atomic E-state index is -0.841. The smallest absolute Gasteiger partial charge is 0.335 e. The van der Waals surface area contributed by atoms with Crippen LogP contribution in [0.2, 0.25) is 5.02 Å². The summed E-state index contributed by atoms with van der Waals surface area (Å²) in [5, 5.41) is 13.2. The fourth-order valence-corrected chi connectivity index (χ4v) is 3.96. The molecule has 1 N–H and O–H groups in total. The number of hydrogen-bond acceptors (Lipinski definition) is 7. The van der Waals surface area contributed by atoms with Gasteiger partial charge < -0.3 is 9.47 Å². The number of carbonyl (C=O) groups is 3. The van der Waals surface area contributed by atoms with Crippen LogP contribution in [0.1, 0.15) is 16.7 Å². The fourth-order valence-electron chi connectivity index (χ4n) is 3.69. The second-order valence-corrected chi connectivity index (χ2v) is 8.40. The third kappa shape index (κ3) is 5.29. The molecule has 0 radical (unpaired) electrons. The molecule has 10 nitrogen and oxygen atoms in total. The highest BCUT2D eigenvalue weighted by Crippen LogP contribution is 2.38. The quantitative estimate of drug-likeness (QED) is 0.204. The molecule has 11 heteroatoms. The number of nitro groups is 1. The van der Waals surface area contributed by atoms with Crippen LogP contribution in [0, 0.1) is 17.0 Å². The summed E-state index contributed by atoms with van der Waals surface area (Å²) in [6.45, 7) is 1.80. The third-order valence-corrected chi connectivity index (χ3v) is 5.83. The number of methoxy groups -OCH3 is 1. The van der Waals surface area contributed by atoms with E-state index in [0.717, 1.165) is 4.90 Å². The van der Waals surface area contributed by atoms with Crippen molar-refractivity contribution in [3.8, 4) is 11.5 Å². The second-order valence-electron chi connectivity index (χ2n) is 7.99. The zero-order valence-electron chi connectivity index (χ0n) is 19.7. The van der Waals surface area contributed by atoms with Crippen molar-refractivity contribution < 1.29 is 28.8 Å². The van der Waals surface area contributed by atoms with Crippen LogP contribution in [0.4, 0.5) is 16.2 Å². The molecule has 0 bridgehead atoms. The largest absolute Gasteiger partial charge is 0.493 e. The molecule has 3 aromatic carbocycles. The average molecular weight is 522 g/mol. The van der Waals surface area contributed by atoms with E-state index in [1.54, 1.807) is 43.3 Å². The number of carbonyl (C=O) groups excluding carboxylic acids is 3. The van der Waals surface area contributed by atoms with Crippen molar-refractivity contribution in [2.24, 2.45) is 0 Å². The van der Waals surface area contributed by atoms with Crippen molar-refractivity contribution in [1.29, 1.82) is 0 Å². The molecule has 0 atom stereocenters. The predicted octanol–water partition coefficient (Wildman–Crippen LogP) is 4.81. The van der Waals surface area contributed by atoms with E-state index in [4.69, 9.17) is 21.1 Å². The van der Waals surface area contributed by atoms with Gasteiger partial charge in [0.1, 0.15) is 12.2 Å². The Balaban J connectivity index is 1.62. The van der Waals surface area contributed by atoms with Crippen LogP contribution in [-0.2, 0) is 16.2 Å². The van der Waals surface area contributed by atoms with Gasteiger partial charge in [-0.05, 0) is 60.0 Å². The summed E-state index contributed by atoms with van der Waals surface area (Å²) in [5.74, 6) is -1.18. The molecule has 1 aliphatic heterocycles. The van der Waals surface area contributed by atoms with E-state index in [1.165, 1.54) is 37.5 Å². The lowest BCUT2D eigenvalue weighted by Crippen LogP contribution is -2.54. The summed E-state index contributed by atoms with van der Waals surface area (Å²) in [6, 6.07) is 14.8. The first kappa shape index (κ1) is 25.4. The lowest BCUT2D eigenvalue weighted by Gasteiger charge is -2.27. The minimum absolute atomic E-state index is 0.0410. The number of nitro benzene ring substituents is 1. The van der Waals surface area contributed by atoms with Gasteiger partial charge in [0.15, 0.2) is 11.5 Å². The van der Waals surface area contributed by atoms with Gasteiger partial charge in [0.2, 0.25) is 0 Å². The highest BCUT2D eigenvalue weighted by Gasteiger charge is 2.37. The molecule has 1 aliphatic rings. The zero-order valence-corrected chi connectivity index (χ0v) is 20.4. The molecule has 4 amide bonds. The Bertz CT molecular complexity index is 1450. The molecule has 37 heavy (non-hydrogen) atoms. The number of imide groups is 2. The standard InChI is InChI=1S/C26H20ClN3O7/c1-15-5-3-4-6-21(15)29-25(32)19(24(31)28-26(29)33)11-17-12-20(27)23(22(13-17)36-2)37-14-16-7-9-18(10-8-16)30(34)35/h3-13H,14H2,1-2H3,(H,28,31,33)/b19-11+. The maximum Gasteiger partial charge on any atom is 0.335 e. The zero-order chi connectivity index (χ0) is 26.7. The number of non-ortho nitro benzene ring substituents is 1. The van der Waals surface area contributed by atoms with Gasteiger partial charge in [0.05, 0.1) is 22.7 Å². The number of nitrogens with zero attached hydrogens (tertiary/aromatic N) is 2. The van der Waals surface area contributed by atoms with E-state index in [9.17, 15) is 24.5 Å². The number of urea groups is 1. The molecule has 1 heterocycles. The van der Waals surface area contributed by atoms with Gasteiger partial charge >= 0.3 is 6.03 Å². The molecule has 0 unspecified atom stereocenters. The summed E-state index contributed by atoms with van der Waals surface area (Å²) >= 11 is 6.43. The van der Waals surface area contributed by atoms with Crippen molar-refractivity contribution >= 4 is 46.9 Å². The van der Waals surface area contributed by atoms with Gasteiger partial charge in [0, 0.05) is 12.1 Å². The number of nitrogens with one attached hydrogen (secondary N) is 1. The topological polar surface area (TPSA) is 128 Å². The van der Waals surface area contributed by atoms with Gasteiger partial charge in [-0.1, -0.05) is 29.8 Å². The monoisotopic (exact) mass is 521 g/mol.